The summed E-state index contributed by atoms with van der Waals surface area (Å²) < 4.78 is 0. The highest BCUT2D eigenvalue weighted by molar-refractivity contribution is 5.76. The molecule has 0 aromatic carbocycles. The van der Waals surface area contributed by atoms with E-state index in [0.717, 1.165) is 73.4 Å². The second-order valence-corrected chi connectivity index (χ2v) is 11.4. The third kappa shape index (κ3) is 14.1. The molecule has 0 saturated carbocycles. The molecular formula is C38H58N4. The molecule has 1 rings (SSSR count). The van der Waals surface area contributed by atoms with Crippen molar-refractivity contribution in [1.29, 1.82) is 5.41 Å². The Morgan fingerprint density at radius 1 is 1.00 bits per heavy atom. The van der Waals surface area contributed by atoms with E-state index in [4.69, 9.17) is 5.41 Å². The third-order valence-electron chi connectivity index (χ3n) is 8.04. The molecule has 0 aliphatic carbocycles. The minimum Gasteiger partial charge on any atom is -0.354 e. The lowest BCUT2D eigenvalue weighted by Gasteiger charge is -2.29. The largest absolute Gasteiger partial charge is 0.354 e. The molecule has 1 saturated heterocycles. The third-order valence-corrected chi connectivity index (χ3v) is 8.04. The molecule has 0 amide bonds. The van der Waals surface area contributed by atoms with E-state index in [1.807, 2.05) is 37.6 Å². The number of unbranched alkanes of at least 4 members (excludes halogenated alkanes) is 1. The standard InChI is InChI=1S/C38H58N4/c1-10-17-36(30-39)38(12-3)42(9)27-16-22-37(40-7)33(6)20-15-19-31(4)18-13-14-21-34(11-2)24-23-32(5)35-25-28-41(8)29-26-35/h11,15-16,19-20,22-24,27,30,35,39H,2,6-7,10,12-14,17-18,21,25-26,28-29H2,1,3-5,8-9H3/b20-15-,27-16-,31-19+,32-23+,34-24+,37-22-,38-36-,39-30?. The second-order valence-electron chi connectivity index (χ2n) is 11.4. The maximum absolute atomic E-state index is 7.75. The first-order valence-electron chi connectivity index (χ1n) is 15.7. The SMILES string of the molecule is C=C/C(=C\C=C(/C)C1CCN(C)CC1)CCCC/C(C)=C/C=C\C(=C)/C(=C/C=C\N(C)/C(CC)=C(\C=N)CCC)N=C. The van der Waals surface area contributed by atoms with Gasteiger partial charge in [-0.25, -0.2) is 0 Å². The van der Waals surface area contributed by atoms with Crippen LogP contribution in [0.2, 0.25) is 0 Å². The molecule has 1 aliphatic rings. The topological polar surface area (TPSA) is 42.7 Å². The van der Waals surface area contributed by atoms with Gasteiger partial charge >= 0.3 is 0 Å². The van der Waals surface area contributed by atoms with Crippen molar-refractivity contribution in [2.75, 3.05) is 27.2 Å². The first-order chi connectivity index (χ1) is 20.2. The molecule has 0 radical (unpaired) electrons. The van der Waals surface area contributed by atoms with Crippen molar-refractivity contribution in [2.24, 2.45) is 10.9 Å². The molecule has 0 aromatic heterocycles. The number of nitrogens with zero attached hydrogens (tertiary/aromatic N) is 3. The lowest BCUT2D eigenvalue weighted by Crippen LogP contribution is -2.30. The lowest BCUT2D eigenvalue weighted by molar-refractivity contribution is 0.238. The molecule has 1 aliphatic heterocycles. The zero-order chi connectivity index (χ0) is 31.3. The van der Waals surface area contributed by atoms with Crippen molar-refractivity contribution in [3.05, 3.63) is 107 Å². The van der Waals surface area contributed by atoms with Gasteiger partial charge in [-0.15, -0.1) is 0 Å². The Morgan fingerprint density at radius 3 is 2.29 bits per heavy atom. The average Bonchev–Trinajstić information content (AvgIpc) is 2.98. The number of hydrogen-bond acceptors (Lipinski definition) is 4. The van der Waals surface area contributed by atoms with Gasteiger partial charge < -0.3 is 15.2 Å². The number of nitrogens with one attached hydrogen (secondary N) is 1. The summed E-state index contributed by atoms with van der Waals surface area (Å²) in [7, 11) is 4.24. The Hall–Kier alpha value is -3.24. The first kappa shape index (κ1) is 36.8. The van der Waals surface area contributed by atoms with Crippen LogP contribution in [-0.4, -0.2) is 49.9 Å². The Bertz CT molecular complexity index is 1100. The van der Waals surface area contributed by atoms with Gasteiger partial charge in [0.25, 0.3) is 0 Å². The molecule has 230 valence electrons. The van der Waals surface area contributed by atoms with Gasteiger partial charge in [0.2, 0.25) is 0 Å². The molecule has 1 fully saturated rings. The molecule has 0 aromatic rings. The predicted octanol–water partition coefficient (Wildman–Crippen LogP) is 10.1. The molecule has 0 unspecified atom stereocenters. The van der Waals surface area contributed by atoms with Crippen molar-refractivity contribution in [3.63, 3.8) is 0 Å². The van der Waals surface area contributed by atoms with Crippen LogP contribution in [0, 0.1) is 11.3 Å². The summed E-state index contributed by atoms with van der Waals surface area (Å²) in [5, 5.41) is 7.75. The van der Waals surface area contributed by atoms with E-state index in [2.05, 4.69) is 93.7 Å². The molecule has 42 heavy (non-hydrogen) atoms. The van der Waals surface area contributed by atoms with Crippen molar-refractivity contribution in [3.8, 4) is 0 Å². The monoisotopic (exact) mass is 570 g/mol. The number of piperidine rings is 1. The average molecular weight is 571 g/mol. The van der Waals surface area contributed by atoms with E-state index in [-0.39, 0.29) is 0 Å². The van der Waals surface area contributed by atoms with Crippen LogP contribution in [0.25, 0.3) is 0 Å². The summed E-state index contributed by atoms with van der Waals surface area (Å²) in [5.74, 6) is 0.723. The number of aliphatic imine (C=N–C) groups is 1. The van der Waals surface area contributed by atoms with E-state index in [1.165, 1.54) is 48.9 Å². The molecule has 0 spiro atoms. The van der Waals surface area contributed by atoms with E-state index < -0.39 is 0 Å². The zero-order valence-electron chi connectivity index (χ0n) is 27.6. The molecule has 0 atom stereocenters. The molecule has 4 nitrogen and oxygen atoms in total. The Morgan fingerprint density at radius 2 is 1.69 bits per heavy atom. The van der Waals surface area contributed by atoms with Crippen LogP contribution in [0.4, 0.5) is 0 Å². The number of likely N-dealkylation sites (tertiary alicyclic amines) is 1. The van der Waals surface area contributed by atoms with Crippen molar-refractivity contribution < 1.29 is 0 Å². The number of rotatable bonds is 19. The van der Waals surface area contributed by atoms with Crippen LogP contribution in [0.15, 0.2) is 112 Å². The van der Waals surface area contributed by atoms with Crippen LogP contribution >= 0.6 is 0 Å². The fraction of sp³-hybridized carbons (Fsp3) is 0.474. The maximum Gasteiger partial charge on any atom is 0.0689 e. The van der Waals surface area contributed by atoms with Crippen LogP contribution in [-0.2, 0) is 0 Å². The number of allylic oxidation sites excluding steroid dienone is 13. The molecule has 4 heteroatoms. The molecular weight excluding hydrogens is 512 g/mol. The van der Waals surface area contributed by atoms with Crippen molar-refractivity contribution in [2.45, 2.75) is 85.5 Å². The normalized spacial score (nSPS) is 17.1. The fourth-order valence-corrected chi connectivity index (χ4v) is 5.21. The van der Waals surface area contributed by atoms with Gasteiger partial charge in [-0.2, -0.15) is 0 Å². The van der Waals surface area contributed by atoms with E-state index in [1.54, 1.807) is 0 Å². The minimum absolute atomic E-state index is 0.723. The van der Waals surface area contributed by atoms with Crippen LogP contribution in [0.3, 0.4) is 0 Å². The zero-order valence-corrected chi connectivity index (χ0v) is 27.6. The highest BCUT2D eigenvalue weighted by atomic mass is 15.1. The predicted molar refractivity (Wildman–Crippen MR) is 188 cm³/mol. The smallest absolute Gasteiger partial charge is 0.0689 e. The summed E-state index contributed by atoms with van der Waals surface area (Å²) in [5.41, 5.74) is 8.00. The molecule has 0 bridgehead atoms. The lowest BCUT2D eigenvalue weighted by atomic mass is 9.89. The summed E-state index contributed by atoms with van der Waals surface area (Å²) in [4.78, 5) is 8.68. The Kier molecular flexibility index (Phi) is 18.8. The second kappa shape index (κ2) is 21.5. The molecule has 1 heterocycles. The quantitative estimate of drug-likeness (QED) is 0.0953. The fourth-order valence-electron chi connectivity index (χ4n) is 5.21. The van der Waals surface area contributed by atoms with Crippen LogP contribution in [0.1, 0.15) is 85.5 Å². The van der Waals surface area contributed by atoms with Crippen LogP contribution < -0.4 is 0 Å². The molecule has 1 N–H and O–H groups in total. The summed E-state index contributed by atoms with van der Waals surface area (Å²) >= 11 is 0. The maximum atomic E-state index is 7.75. The summed E-state index contributed by atoms with van der Waals surface area (Å²) in [6.07, 6.45) is 30.0. The summed E-state index contributed by atoms with van der Waals surface area (Å²) in [6.45, 7) is 23.1. The van der Waals surface area contributed by atoms with E-state index in [0.29, 0.717) is 0 Å². The van der Waals surface area contributed by atoms with Gasteiger partial charge in [0.05, 0.1) is 5.70 Å². The highest BCUT2D eigenvalue weighted by Gasteiger charge is 2.17. The van der Waals surface area contributed by atoms with Gasteiger partial charge in [-0.05, 0) is 127 Å². The van der Waals surface area contributed by atoms with E-state index >= 15 is 0 Å². The van der Waals surface area contributed by atoms with E-state index in [9.17, 15) is 0 Å². The van der Waals surface area contributed by atoms with Crippen molar-refractivity contribution >= 4 is 12.9 Å². The van der Waals surface area contributed by atoms with Crippen molar-refractivity contribution in [1.82, 2.24) is 9.80 Å². The van der Waals surface area contributed by atoms with Crippen LogP contribution in [0.5, 0.6) is 0 Å². The summed E-state index contributed by atoms with van der Waals surface area (Å²) in [6, 6.07) is 0. The van der Waals surface area contributed by atoms with Gasteiger partial charge in [-0.1, -0.05) is 81.0 Å². The minimum atomic E-state index is 0.723. The van der Waals surface area contributed by atoms with Gasteiger partial charge in [0, 0.05) is 25.2 Å². The highest BCUT2D eigenvalue weighted by Crippen LogP contribution is 2.24. The Labute approximate surface area is 258 Å². The van der Waals surface area contributed by atoms with Gasteiger partial charge in [-0.3, -0.25) is 4.99 Å². The van der Waals surface area contributed by atoms with Gasteiger partial charge in [0.1, 0.15) is 0 Å². The Balaban J connectivity index is 2.61. The first-order valence-corrected chi connectivity index (χ1v) is 15.7. The number of hydrogen-bond donors (Lipinski definition) is 1. The van der Waals surface area contributed by atoms with Gasteiger partial charge in [0.15, 0.2) is 0 Å².